The van der Waals surface area contributed by atoms with Gasteiger partial charge in [-0.25, -0.2) is 0 Å². The van der Waals surface area contributed by atoms with E-state index in [0.29, 0.717) is 30.1 Å². The Balaban J connectivity index is 1.98. The first kappa shape index (κ1) is 17.7. The van der Waals surface area contributed by atoms with Gasteiger partial charge in [0.15, 0.2) is 0 Å². The molecule has 0 spiro atoms. The lowest BCUT2D eigenvalue weighted by molar-refractivity contribution is 0.0948. The van der Waals surface area contributed by atoms with E-state index in [1.807, 2.05) is 45.0 Å². The summed E-state index contributed by atoms with van der Waals surface area (Å²) in [5.41, 5.74) is 2.96. The number of hydrogen-bond acceptors (Lipinski definition) is 3. The number of aromatic nitrogens is 1. The molecule has 5 heteroatoms. The van der Waals surface area contributed by atoms with Crippen LogP contribution in [-0.2, 0) is 6.54 Å². The Bertz CT molecular complexity index is 709. The third-order valence-electron chi connectivity index (χ3n) is 3.51. The fourth-order valence-corrected chi connectivity index (χ4v) is 2.08. The first-order chi connectivity index (χ1) is 11.5. The van der Waals surface area contributed by atoms with Crippen molar-refractivity contribution in [1.82, 2.24) is 15.6 Å². The maximum Gasteiger partial charge on any atom is 0.253 e. The highest BCUT2D eigenvalue weighted by molar-refractivity contribution is 5.99. The first-order valence-electron chi connectivity index (χ1n) is 8.02. The van der Waals surface area contributed by atoms with Gasteiger partial charge in [-0.15, -0.1) is 0 Å². The van der Waals surface area contributed by atoms with E-state index in [0.717, 1.165) is 5.56 Å². The summed E-state index contributed by atoms with van der Waals surface area (Å²) in [5, 5.41) is 5.66. The van der Waals surface area contributed by atoms with E-state index in [9.17, 15) is 9.59 Å². The minimum absolute atomic E-state index is 0.218. The smallest absolute Gasteiger partial charge is 0.253 e. The SMILES string of the molecule is Cc1ccc(CNC(=O)c2cncc(C(=O)NCC(C)C)c2)cc1. The molecule has 126 valence electrons. The van der Waals surface area contributed by atoms with Gasteiger partial charge in [0.05, 0.1) is 11.1 Å². The number of nitrogens with one attached hydrogen (secondary N) is 2. The Hall–Kier alpha value is -2.69. The second-order valence-corrected chi connectivity index (χ2v) is 6.23. The molecule has 0 saturated carbocycles. The molecule has 5 nitrogen and oxygen atoms in total. The molecule has 0 bridgehead atoms. The van der Waals surface area contributed by atoms with E-state index < -0.39 is 0 Å². The molecule has 1 aromatic carbocycles. The molecule has 0 saturated heterocycles. The Labute approximate surface area is 142 Å². The van der Waals surface area contributed by atoms with Crippen molar-refractivity contribution < 1.29 is 9.59 Å². The lowest BCUT2D eigenvalue weighted by Crippen LogP contribution is -2.28. The number of pyridine rings is 1. The van der Waals surface area contributed by atoms with Crippen LogP contribution in [0.3, 0.4) is 0 Å². The summed E-state index contributed by atoms with van der Waals surface area (Å²) >= 11 is 0. The van der Waals surface area contributed by atoms with Crippen LogP contribution in [0.2, 0.25) is 0 Å². The van der Waals surface area contributed by atoms with Crippen LogP contribution in [0.5, 0.6) is 0 Å². The second-order valence-electron chi connectivity index (χ2n) is 6.23. The van der Waals surface area contributed by atoms with Crippen molar-refractivity contribution in [1.29, 1.82) is 0 Å². The lowest BCUT2D eigenvalue weighted by atomic mass is 10.1. The summed E-state index contributed by atoms with van der Waals surface area (Å²) in [4.78, 5) is 28.3. The Morgan fingerprint density at radius 2 is 1.58 bits per heavy atom. The van der Waals surface area contributed by atoms with Crippen molar-refractivity contribution in [2.45, 2.75) is 27.3 Å². The summed E-state index contributed by atoms with van der Waals surface area (Å²) in [6, 6.07) is 9.52. The maximum absolute atomic E-state index is 12.2. The first-order valence-corrected chi connectivity index (χ1v) is 8.02. The van der Waals surface area contributed by atoms with Crippen LogP contribution < -0.4 is 10.6 Å². The number of rotatable bonds is 6. The third kappa shape index (κ3) is 5.19. The zero-order valence-electron chi connectivity index (χ0n) is 14.3. The number of benzene rings is 1. The van der Waals surface area contributed by atoms with Gasteiger partial charge in [-0.05, 0) is 24.5 Å². The van der Waals surface area contributed by atoms with Crippen LogP contribution in [0.1, 0.15) is 45.7 Å². The van der Waals surface area contributed by atoms with E-state index in [-0.39, 0.29) is 11.8 Å². The summed E-state index contributed by atoms with van der Waals surface area (Å²) in [6.07, 6.45) is 2.93. The van der Waals surface area contributed by atoms with Crippen molar-refractivity contribution in [3.05, 3.63) is 65.0 Å². The third-order valence-corrected chi connectivity index (χ3v) is 3.51. The van der Waals surface area contributed by atoms with Crippen LogP contribution in [-0.4, -0.2) is 23.3 Å². The predicted octanol–water partition coefficient (Wildman–Crippen LogP) is 2.71. The number of hydrogen-bond donors (Lipinski definition) is 2. The van der Waals surface area contributed by atoms with Crippen molar-refractivity contribution in [3.63, 3.8) is 0 Å². The largest absolute Gasteiger partial charge is 0.352 e. The summed E-state index contributed by atoms with van der Waals surface area (Å²) in [6.45, 7) is 7.08. The monoisotopic (exact) mass is 325 g/mol. The molecule has 0 atom stereocenters. The molecule has 2 amide bonds. The van der Waals surface area contributed by atoms with E-state index in [1.165, 1.54) is 18.0 Å². The minimum Gasteiger partial charge on any atom is -0.352 e. The van der Waals surface area contributed by atoms with E-state index in [2.05, 4.69) is 15.6 Å². The molecule has 0 aliphatic heterocycles. The normalized spacial score (nSPS) is 10.5. The van der Waals surface area contributed by atoms with E-state index in [4.69, 9.17) is 0 Å². The van der Waals surface area contributed by atoms with Gasteiger partial charge >= 0.3 is 0 Å². The number of carbonyl (C=O) groups is 2. The molecule has 1 aromatic heterocycles. The van der Waals surface area contributed by atoms with Gasteiger partial charge in [-0.3, -0.25) is 14.6 Å². The Kier molecular flexibility index (Phi) is 6.07. The molecular formula is C19H23N3O2. The molecule has 2 rings (SSSR count). The zero-order valence-corrected chi connectivity index (χ0v) is 14.3. The van der Waals surface area contributed by atoms with Gasteiger partial charge < -0.3 is 10.6 Å². The molecule has 0 fully saturated rings. The van der Waals surface area contributed by atoms with Crippen molar-refractivity contribution >= 4 is 11.8 Å². The molecular weight excluding hydrogens is 302 g/mol. The molecule has 0 unspecified atom stereocenters. The molecule has 0 radical (unpaired) electrons. The standard InChI is InChI=1S/C19H23N3O2/c1-13(2)9-21-18(23)16-8-17(12-20-11-16)19(24)22-10-15-6-4-14(3)5-7-15/h4-8,11-13H,9-10H2,1-3H3,(H,21,23)(H,22,24). The van der Waals surface area contributed by atoms with Gasteiger partial charge in [-0.2, -0.15) is 0 Å². The van der Waals surface area contributed by atoms with Gasteiger partial charge in [-0.1, -0.05) is 43.7 Å². The van der Waals surface area contributed by atoms with Gasteiger partial charge in [0.1, 0.15) is 0 Å². The highest BCUT2D eigenvalue weighted by atomic mass is 16.2. The minimum atomic E-state index is -0.249. The lowest BCUT2D eigenvalue weighted by Gasteiger charge is -2.09. The number of nitrogens with zero attached hydrogens (tertiary/aromatic N) is 1. The highest BCUT2D eigenvalue weighted by Gasteiger charge is 2.11. The van der Waals surface area contributed by atoms with Crippen molar-refractivity contribution in [2.24, 2.45) is 5.92 Å². The van der Waals surface area contributed by atoms with Crippen LogP contribution in [0.25, 0.3) is 0 Å². The van der Waals surface area contributed by atoms with Crippen molar-refractivity contribution in [3.8, 4) is 0 Å². The van der Waals surface area contributed by atoms with Gasteiger partial charge in [0.2, 0.25) is 0 Å². The fraction of sp³-hybridized carbons (Fsp3) is 0.316. The highest BCUT2D eigenvalue weighted by Crippen LogP contribution is 2.06. The second kappa shape index (κ2) is 8.24. The van der Waals surface area contributed by atoms with Crippen molar-refractivity contribution in [2.75, 3.05) is 6.54 Å². The van der Waals surface area contributed by atoms with E-state index in [1.54, 1.807) is 6.07 Å². The zero-order chi connectivity index (χ0) is 17.5. The average Bonchev–Trinajstić information content (AvgIpc) is 2.59. The van der Waals surface area contributed by atoms with Gasteiger partial charge in [0, 0.05) is 25.5 Å². The van der Waals surface area contributed by atoms with Crippen LogP contribution in [0.15, 0.2) is 42.7 Å². The summed E-state index contributed by atoms with van der Waals surface area (Å²) in [7, 11) is 0. The van der Waals surface area contributed by atoms with Crippen LogP contribution >= 0.6 is 0 Å². The number of carbonyl (C=O) groups excluding carboxylic acids is 2. The topological polar surface area (TPSA) is 71.1 Å². The predicted molar refractivity (Wildman–Crippen MR) is 93.8 cm³/mol. The molecule has 1 heterocycles. The number of aryl methyl sites for hydroxylation is 1. The van der Waals surface area contributed by atoms with Crippen LogP contribution in [0, 0.1) is 12.8 Å². The van der Waals surface area contributed by atoms with Gasteiger partial charge in [0.25, 0.3) is 11.8 Å². The molecule has 2 N–H and O–H groups in total. The molecule has 2 aromatic rings. The molecule has 0 aliphatic carbocycles. The Morgan fingerprint density at radius 3 is 2.17 bits per heavy atom. The Morgan fingerprint density at radius 1 is 1.00 bits per heavy atom. The fourth-order valence-electron chi connectivity index (χ4n) is 2.08. The van der Waals surface area contributed by atoms with Crippen LogP contribution in [0.4, 0.5) is 0 Å². The molecule has 0 aliphatic rings. The average molecular weight is 325 g/mol. The van der Waals surface area contributed by atoms with E-state index >= 15 is 0 Å². The quantitative estimate of drug-likeness (QED) is 0.858. The molecule has 24 heavy (non-hydrogen) atoms. The summed E-state index contributed by atoms with van der Waals surface area (Å²) < 4.78 is 0. The summed E-state index contributed by atoms with van der Waals surface area (Å²) in [5.74, 6) is -0.103. The maximum atomic E-state index is 12.2. The number of amides is 2.